The van der Waals surface area contributed by atoms with Crippen LogP contribution in [0.15, 0.2) is 194 Å². The molecule has 63 heavy (non-hydrogen) atoms. The summed E-state index contributed by atoms with van der Waals surface area (Å²) >= 11 is 3.88. The van der Waals surface area contributed by atoms with Crippen LogP contribution in [-0.4, -0.2) is 0 Å². The summed E-state index contributed by atoms with van der Waals surface area (Å²) in [7, 11) is 0. The zero-order valence-corrected chi connectivity index (χ0v) is 36.4. The second-order valence-corrected chi connectivity index (χ2v) is 20.0. The summed E-state index contributed by atoms with van der Waals surface area (Å²) in [5, 5.41) is 15.9. The average molecular weight is 835 g/mol. The van der Waals surface area contributed by atoms with Crippen LogP contribution < -0.4 is 0 Å². The van der Waals surface area contributed by atoms with Gasteiger partial charge < -0.3 is 0 Å². The summed E-state index contributed by atoms with van der Waals surface area (Å²) in [6, 6.07) is 73.2. The first kappa shape index (κ1) is 35.5. The molecule has 1 aliphatic rings. The van der Waals surface area contributed by atoms with Crippen LogP contribution in [0.5, 0.6) is 0 Å². The fourth-order valence-electron chi connectivity index (χ4n) is 11.3. The van der Waals surface area contributed by atoms with Crippen LogP contribution in [0.2, 0.25) is 0 Å². The maximum Gasteiger partial charge on any atom is 0.0441 e. The van der Waals surface area contributed by atoms with Gasteiger partial charge in [-0.2, -0.15) is 0 Å². The molecule has 294 valence electrons. The lowest BCUT2D eigenvalue weighted by molar-refractivity contribution is 0.661. The van der Waals surface area contributed by atoms with Crippen molar-refractivity contribution in [1.82, 2.24) is 0 Å². The van der Waals surface area contributed by atoms with Crippen molar-refractivity contribution in [3.63, 3.8) is 0 Å². The second-order valence-electron chi connectivity index (χ2n) is 17.9. The van der Waals surface area contributed by atoms with Crippen LogP contribution in [0.4, 0.5) is 0 Å². The molecule has 2 aromatic heterocycles. The number of thiophene rings is 2. The van der Waals surface area contributed by atoms with Gasteiger partial charge in [-0.05, 0) is 112 Å². The van der Waals surface area contributed by atoms with Crippen LogP contribution in [0.3, 0.4) is 0 Å². The molecule has 0 saturated carbocycles. The Labute approximate surface area is 372 Å². The first-order valence-corrected chi connectivity index (χ1v) is 23.5. The van der Waals surface area contributed by atoms with E-state index in [0.29, 0.717) is 0 Å². The minimum Gasteiger partial charge on any atom is -0.135 e. The molecular formula is C61H38S2. The van der Waals surface area contributed by atoms with Crippen molar-refractivity contribution in [2.75, 3.05) is 0 Å². The zero-order valence-electron chi connectivity index (χ0n) is 34.8. The normalized spacial score (nSPS) is 13.4. The molecule has 11 aromatic carbocycles. The maximum atomic E-state index is 2.50. The molecule has 0 fully saturated rings. The number of hydrogen-bond donors (Lipinski definition) is 0. The number of fused-ring (bicyclic) bond motifs is 16. The third kappa shape index (κ3) is 4.91. The Kier molecular flexibility index (Phi) is 7.31. The van der Waals surface area contributed by atoms with Gasteiger partial charge in [-0.15, -0.1) is 22.7 Å². The van der Waals surface area contributed by atoms with Crippen LogP contribution in [0.25, 0.3) is 128 Å². The second kappa shape index (κ2) is 13.0. The third-order valence-electron chi connectivity index (χ3n) is 14.2. The highest BCUT2D eigenvalue weighted by Gasteiger charge is 2.36. The smallest absolute Gasteiger partial charge is 0.0441 e. The lowest BCUT2D eigenvalue weighted by Gasteiger charge is -2.23. The van der Waals surface area contributed by atoms with Gasteiger partial charge in [-0.1, -0.05) is 184 Å². The summed E-state index contributed by atoms with van der Waals surface area (Å²) in [6.07, 6.45) is 0. The van der Waals surface area contributed by atoms with Crippen molar-refractivity contribution in [1.29, 1.82) is 0 Å². The Morgan fingerprint density at radius 3 is 1.44 bits per heavy atom. The molecule has 1 aliphatic carbocycles. The lowest BCUT2D eigenvalue weighted by atomic mass is 9.80. The molecule has 0 bridgehead atoms. The van der Waals surface area contributed by atoms with Crippen molar-refractivity contribution in [2.45, 2.75) is 19.3 Å². The zero-order chi connectivity index (χ0) is 41.6. The Bertz CT molecular complexity index is 4060. The molecule has 0 atom stereocenters. The van der Waals surface area contributed by atoms with E-state index in [9.17, 15) is 0 Å². The largest absolute Gasteiger partial charge is 0.135 e. The molecule has 2 heterocycles. The number of hydrogen-bond acceptors (Lipinski definition) is 2. The lowest BCUT2D eigenvalue weighted by Crippen LogP contribution is -2.15. The van der Waals surface area contributed by atoms with Gasteiger partial charge in [-0.3, -0.25) is 0 Å². The molecule has 0 aliphatic heterocycles. The molecule has 0 saturated heterocycles. The van der Waals surface area contributed by atoms with Gasteiger partial charge in [0.1, 0.15) is 0 Å². The molecule has 0 radical (unpaired) electrons. The summed E-state index contributed by atoms with van der Waals surface area (Å²) in [4.78, 5) is 0. The highest BCUT2D eigenvalue weighted by molar-refractivity contribution is 7.29. The van der Waals surface area contributed by atoms with Gasteiger partial charge in [0.15, 0.2) is 0 Å². The first-order chi connectivity index (χ1) is 31.0. The van der Waals surface area contributed by atoms with Gasteiger partial charge in [0.05, 0.1) is 0 Å². The van der Waals surface area contributed by atoms with E-state index in [1.54, 1.807) is 0 Å². The van der Waals surface area contributed by atoms with Crippen molar-refractivity contribution < 1.29 is 0 Å². The third-order valence-corrected chi connectivity index (χ3v) is 16.6. The highest BCUT2D eigenvalue weighted by Crippen LogP contribution is 2.54. The van der Waals surface area contributed by atoms with E-state index < -0.39 is 0 Å². The predicted octanol–water partition coefficient (Wildman–Crippen LogP) is 18.3. The van der Waals surface area contributed by atoms with E-state index in [0.717, 1.165) is 0 Å². The van der Waals surface area contributed by atoms with E-state index in [2.05, 4.69) is 208 Å². The van der Waals surface area contributed by atoms with Crippen molar-refractivity contribution in [2.24, 2.45) is 0 Å². The molecule has 0 N–H and O–H groups in total. The molecular weight excluding hydrogens is 797 g/mol. The van der Waals surface area contributed by atoms with E-state index >= 15 is 0 Å². The van der Waals surface area contributed by atoms with Crippen molar-refractivity contribution in [3.8, 4) is 44.5 Å². The van der Waals surface area contributed by atoms with Gasteiger partial charge in [0.25, 0.3) is 0 Å². The summed E-state index contributed by atoms with van der Waals surface area (Å²) in [6.45, 7) is 4.84. The fraction of sp³-hybridized carbons (Fsp3) is 0.0492. The van der Waals surface area contributed by atoms with E-state index in [-0.39, 0.29) is 5.41 Å². The van der Waals surface area contributed by atoms with Crippen molar-refractivity contribution in [3.05, 3.63) is 205 Å². The minimum atomic E-state index is -0.183. The molecule has 0 unspecified atom stereocenters. The van der Waals surface area contributed by atoms with E-state index in [4.69, 9.17) is 0 Å². The monoisotopic (exact) mass is 834 g/mol. The van der Waals surface area contributed by atoms with Gasteiger partial charge >= 0.3 is 0 Å². The molecule has 0 amide bonds. The van der Waals surface area contributed by atoms with Crippen molar-refractivity contribution >= 4 is 106 Å². The number of rotatable bonds is 3. The molecule has 0 nitrogen and oxygen atoms in total. The highest BCUT2D eigenvalue weighted by atomic mass is 32.1. The van der Waals surface area contributed by atoms with Gasteiger partial charge in [0, 0.05) is 56.5 Å². The molecule has 0 spiro atoms. The van der Waals surface area contributed by atoms with Gasteiger partial charge in [-0.25, -0.2) is 0 Å². The molecule has 14 rings (SSSR count). The first-order valence-electron chi connectivity index (χ1n) is 21.9. The Morgan fingerprint density at radius 2 is 0.778 bits per heavy atom. The molecule has 2 heteroatoms. The van der Waals surface area contributed by atoms with E-state index in [1.165, 1.54) is 139 Å². The summed E-state index contributed by atoms with van der Waals surface area (Å²) in [5.41, 5.74) is 13.0. The Hall–Kier alpha value is -7.10. The van der Waals surface area contributed by atoms with Crippen LogP contribution in [0, 0.1) is 0 Å². The Balaban J connectivity index is 0.910. The maximum absolute atomic E-state index is 2.50. The average Bonchev–Trinajstić information content (AvgIpc) is 3.98. The molecule has 13 aromatic rings. The van der Waals surface area contributed by atoms with Gasteiger partial charge in [0.2, 0.25) is 0 Å². The van der Waals surface area contributed by atoms with Crippen LogP contribution in [-0.2, 0) is 5.41 Å². The number of benzene rings is 11. The minimum absolute atomic E-state index is 0.183. The topological polar surface area (TPSA) is 0 Å². The predicted molar refractivity (Wildman–Crippen MR) is 276 cm³/mol. The summed E-state index contributed by atoms with van der Waals surface area (Å²) < 4.78 is 5.48. The Morgan fingerprint density at radius 1 is 0.317 bits per heavy atom. The fourth-order valence-corrected chi connectivity index (χ4v) is 13.9. The SMILES string of the molecule is CC1(C)c2cc(-c3ccc4c(c3)sc3c5ccccc5c5sc6ccccc6c5c43)ccc2-c2ccc(-c3c4ccccc4c(-c4cccc5ccccc45)c4ccccc34)cc21. The van der Waals surface area contributed by atoms with E-state index in [1.807, 2.05) is 22.7 Å². The summed E-state index contributed by atoms with van der Waals surface area (Å²) in [5.74, 6) is 0. The van der Waals surface area contributed by atoms with Crippen LogP contribution >= 0.6 is 22.7 Å². The van der Waals surface area contributed by atoms with Crippen LogP contribution in [0.1, 0.15) is 25.0 Å². The quantitative estimate of drug-likeness (QED) is 0.156. The standard InChI is InChI=1S/C61H38S2/c1-61(2)51-32-36(37-27-31-50-54(34-37)63-60-48-22-10-9-21-47(48)59-57(58(50)60)49-23-11-12-25-53(49)62-59)26-29-40(51)41-30-28-38(33-52(41)61)55-43-17-5-7-19-45(43)56(46-20-8-6-18-44(46)55)42-24-13-15-35-14-3-4-16-39(35)42/h3-34H,1-2H3.